The van der Waals surface area contributed by atoms with Crippen molar-refractivity contribution < 1.29 is 4.79 Å². The van der Waals surface area contributed by atoms with E-state index in [0.717, 1.165) is 36.8 Å². The first kappa shape index (κ1) is 17.5. The molecular weight excluding hydrogens is 332 g/mol. The number of hydrogen-bond donors (Lipinski definition) is 0. The number of aromatic nitrogens is 1. The Morgan fingerprint density at radius 3 is 2.63 bits per heavy atom. The van der Waals surface area contributed by atoms with Crippen molar-refractivity contribution in [1.29, 1.82) is 0 Å². The van der Waals surface area contributed by atoms with E-state index in [1.807, 2.05) is 24.1 Å². The Morgan fingerprint density at radius 2 is 1.89 bits per heavy atom. The number of fused-ring (bicyclic) bond motifs is 1. The van der Waals surface area contributed by atoms with Crippen LogP contribution in [0, 0.1) is 0 Å². The van der Waals surface area contributed by atoms with Crippen LogP contribution in [-0.2, 0) is 11.2 Å². The highest BCUT2D eigenvalue weighted by molar-refractivity contribution is 5.84. The van der Waals surface area contributed by atoms with E-state index in [0.29, 0.717) is 6.42 Å². The predicted molar refractivity (Wildman–Crippen MR) is 110 cm³/mol. The topological polar surface area (TPSA) is 33.2 Å². The predicted octanol–water partition coefficient (Wildman–Crippen LogP) is 5.01. The van der Waals surface area contributed by atoms with E-state index in [1.54, 1.807) is 0 Å². The zero-order valence-corrected chi connectivity index (χ0v) is 15.7. The standard InChI is InChI=1S/C24H24N2O/c1-2-24(27)26-14-11-19(12-15-26)16-18-5-7-20(8-6-18)22-10-9-21-4-3-13-25-23(21)17-22/h3-11,13,17H,2,12,14-16H2,1H3. The Hall–Kier alpha value is -2.94. The van der Waals surface area contributed by atoms with E-state index < -0.39 is 0 Å². The Morgan fingerprint density at radius 1 is 1.07 bits per heavy atom. The summed E-state index contributed by atoms with van der Waals surface area (Å²) in [5.41, 5.74) is 6.18. The number of benzene rings is 2. The van der Waals surface area contributed by atoms with E-state index in [4.69, 9.17) is 0 Å². The molecule has 136 valence electrons. The maximum absolute atomic E-state index is 11.8. The number of carbonyl (C=O) groups excluding carboxylic acids is 1. The maximum Gasteiger partial charge on any atom is 0.222 e. The van der Waals surface area contributed by atoms with Crippen LogP contribution < -0.4 is 0 Å². The third-order valence-electron chi connectivity index (χ3n) is 5.28. The van der Waals surface area contributed by atoms with Crippen molar-refractivity contribution in [2.24, 2.45) is 0 Å². The molecule has 3 heteroatoms. The van der Waals surface area contributed by atoms with Crippen LogP contribution in [0.15, 0.2) is 72.4 Å². The number of nitrogens with zero attached hydrogens (tertiary/aromatic N) is 2. The zero-order chi connectivity index (χ0) is 18.6. The van der Waals surface area contributed by atoms with Gasteiger partial charge in [0, 0.05) is 31.1 Å². The van der Waals surface area contributed by atoms with E-state index in [-0.39, 0.29) is 5.91 Å². The summed E-state index contributed by atoms with van der Waals surface area (Å²) in [5, 5.41) is 1.16. The van der Waals surface area contributed by atoms with Crippen LogP contribution in [-0.4, -0.2) is 28.9 Å². The molecule has 27 heavy (non-hydrogen) atoms. The summed E-state index contributed by atoms with van der Waals surface area (Å²) < 4.78 is 0. The molecule has 1 amide bonds. The lowest BCUT2D eigenvalue weighted by Crippen LogP contribution is -2.34. The van der Waals surface area contributed by atoms with Gasteiger partial charge in [-0.2, -0.15) is 0 Å². The largest absolute Gasteiger partial charge is 0.339 e. The number of amides is 1. The minimum Gasteiger partial charge on any atom is -0.339 e. The van der Waals surface area contributed by atoms with Crippen LogP contribution in [0.25, 0.3) is 22.0 Å². The molecule has 1 aromatic heterocycles. The molecular formula is C24H24N2O. The summed E-state index contributed by atoms with van der Waals surface area (Å²) in [5.74, 6) is 0.250. The van der Waals surface area contributed by atoms with Gasteiger partial charge in [-0.1, -0.05) is 61.0 Å². The van der Waals surface area contributed by atoms with Gasteiger partial charge in [-0.15, -0.1) is 0 Å². The van der Waals surface area contributed by atoms with E-state index in [2.05, 4.69) is 59.6 Å². The summed E-state index contributed by atoms with van der Waals surface area (Å²) in [4.78, 5) is 18.2. The molecule has 0 fully saturated rings. The van der Waals surface area contributed by atoms with Gasteiger partial charge in [0.25, 0.3) is 0 Å². The molecule has 0 saturated carbocycles. The quantitative estimate of drug-likeness (QED) is 0.616. The highest BCUT2D eigenvalue weighted by atomic mass is 16.2. The van der Waals surface area contributed by atoms with Crippen molar-refractivity contribution in [3.8, 4) is 11.1 Å². The van der Waals surface area contributed by atoms with E-state index >= 15 is 0 Å². The summed E-state index contributed by atoms with van der Waals surface area (Å²) in [6.07, 6.45) is 6.59. The van der Waals surface area contributed by atoms with Crippen molar-refractivity contribution in [1.82, 2.24) is 9.88 Å². The average Bonchev–Trinajstić information content (AvgIpc) is 2.74. The van der Waals surface area contributed by atoms with Crippen molar-refractivity contribution in [3.05, 3.63) is 78.0 Å². The second-order valence-corrected chi connectivity index (χ2v) is 7.09. The minimum absolute atomic E-state index is 0.250. The lowest BCUT2D eigenvalue weighted by Gasteiger charge is -2.26. The second-order valence-electron chi connectivity index (χ2n) is 7.09. The Labute approximate surface area is 160 Å². The summed E-state index contributed by atoms with van der Waals surface area (Å²) in [6.45, 7) is 3.53. The molecule has 0 aliphatic carbocycles. The van der Waals surface area contributed by atoms with Crippen LogP contribution in [0.1, 0.15) is 25.3 Å². The molecule has 1 aliphatic rings. The fraction of sp³-hybridized carbons (Fsp3) is 0.250. The zero-order valence-electron chi connectivity index (χ0n) is 15.7. The smallest absolute Gasteiger partial charge is 0.222 e. The third kappa shape index (κ3) is 3.92. The number of hydrogen-bond acceptors (Lipinski definition) is 2. The van der Waals surface area contributed by atoms with Gasteiger partial charge in [-0.25, -0.2) is 0 Å². The average molecular weight is 356 g/mol. The van der Waals surface area contributed by atoms with Crippen LogP contribution in [0.4, 0.5) is 0 Å². The highest BCUT2D eigenvalue weighted by Crippen LogP contribution is 2.25. The summed E-state index contributed by atoms with van der Waals surface area (Å²) in [6, 6.07) is 19.3. The number of carbonyl (C=O) groups is 1. The lowest BCUT2D eigenvalue weighted by atomic mass is 9.97. The monoisotopic (exact) mass is 356 g/mol. The molecule has 0 saturated heterocycles. The third-order valence-corrected chi connectivity index (χ3v) is 5.28. The molecule has 0 radical (unpaired) electrons. The summed E-state index contributed by atoms with van der Waals surface area (Å²) in [7, 11) is 0. The van der Waals surface area contributed by atoms with Gasteiger partial charge in [-0.3, -0.25) is 9.78 Å². The van der Waals surface area contributed by atoms with Gasteiger partial charge < -0.3 is 4.90 Å². The molecule has 0 bridgehead atoms. The minimum atomic E-state index is 0.250. The molecule has 4 rings (SSSR count). The van der Waals surface area contributed by atoms with Gasteiger partial charge in [0.05, 0.1) is 5.52 Å². The molecule has 3 nitrogen and oxygen atoms in total. The van der Waals surface area contributed by atoms with Gasteiger partial charge >= 0.3 is 0 Å². The molecule has 2 aromatic carbocycles. The van der Waals surface area contributed by atoms with Crippen LogP contribution in [0.2, 0.25) is 0 Å². The molecule has 1 aliphatic heterocycles. The molecule has 2 heterocycles. The Bertz CT molecular complexity index is 989. The first-order valence-corrected chi connectivity index (χ1v) is 9.62. The number of pyridine rings is 1. The first-order chi connectivity index (χ1) is 13.2. The summed E-state index contributed by atoms with van der Waals surface area (Å²) >= 11 is 0. The van der Waals surface area contributed by atoms with Crippen LogP contribution in [0.5, 0.6) is 0 Å². The molecule has 0 unspecified atom stereocenters. The maximum atomic E-state index is 11.8. The van der Waals surface area contributed by atoms with E-state index in [1.165, 1.54) is 22.3 Å². The molecule has 0 spiro atoms. The Balaban J connectivity index is 1.46. The Kier molecular flexibility index (Phi) is 5.01. The van der Waals surface area contributed by atoms with Crippen LogP contribution >= 0.6 is 0 Å². The van der Waals surface area contributed by atoms with Crippen molar-refractivity contribution >= 4 is 16.8 Å². The van der Waals surface area contributed by atoms with Crippen molar-refractivity contribution in [3.63, 3.8) is 0 Å². The van der Waals surface area contributed by atoms with Crippen LogP contribution in [0.3, 0.4) is 0 Å². The molecule has 0 N–H and O–H groups in total. The molecule has 0 atom stereocenters. The number of rotatable bonds is 4. The lowest BCUT2D eigenvalue weighted by molar-refractivity contribution is -0.130. The first-order valence-electron chi connectivity index (χ1n) is 9.62. The highest BCUT2D eigenvalue weighted by Gasteiger charge is 2.15. The SMILES string of the molecule is CCC(=O)N1CC=C(Cc2ccc(-c3ccc4cccnc4c3)cc2)CC1. The molecule has 3 aromatic rings. The van der Waals surface area contributed by atoms with Gasteiger partial charge in [0.15, 0.2) is 0 Å². The fourth-order valence-electron chi connectivity index (χ4n) is 3.65. The van der Waals surface area contributed by atoms with Gasteiger partial charge in [-0.05, 0) is 41.7 Å². The normalized spacial score (nSPS) is 14.3. The van der Waals surface area contributed by atoms with E-state index in [9.17, 15) is 4.79 Å². The van der Waals surface area contributed by atoms with Crippen molar-refractivity contribution in [2.45, 2.75) is 26.2 Å². The second kappa shape index (κ2) is 7.75. The van der Waals surface area contributed by atoms with Gasteiger partial charge in [0.1, 0.15) is 0 Å². The van der Waals surface area contributed by atoms with Gasteiger partial charge in [0.2, 0.25) is 5.91 Å². The fourth-order valence-corrected chi connectivity index (χ4v) is 3.65. The van der Waals surface area contributed by atoms with Crippen molar-refractivity contribution in [2.75, 3.05) is 13.1 Å².